The van der Waals surface area contributed by atoms with E-state index in [1.807, 2.05) is 43.3 Å². The van der Waals surface area contributed by atoms with E-state index in [-0.39, 0.29) is 17.4 Å². The van der Waals surface area contributed by atoms with Crippen molar-refractivity contribution in [3.05, 3.63) is 76.0 Å². The molecule has 1 saturated heterocycles. The van der Waals surface area contributed by atoms with E-state index in [0.717, 1.165) is 55.4 Å². The standard InChI is InChI=1S/C24H28N4O3/c1-3-18-5-7-20(8-6-18)28-23(29)11-10-22(26-28)27-14-12-19(13-15-27)24(30)25-16-21-9-4-17(2)31-21/h4-11,19H,3,12-16H2,1-2H3,(H,25,30). The van der Waals surface area contributed by atoms with Gasteiger partial charge in [-0.1, -0.05) is 19.1 Å². The highest BCUT2D eigenvalue weighted by atomic mass is 16.3. The van der Waals surface area contributed by atoms with Crippen LogP contribution in [-0.4, -0.2) is 28.8 Å². The molecule has 7 nitrogen and oxygen atoms in total. The summed E-state index contributed by atoms with van der Waals surface area (Å²) in [6.45, 7) is 5.84. The molecule has 1 amide bonds. The minimum atomic E-state index is -0.157. The van der Waals surface area contributed by atoms with Gasteiger partial charge in [0.05, 0.1) is 12.2 Å². The van der Waals surface area contributed by atoms with Gasteiger partial charge >= 0.3 is 0 Å². The van der Waals surface area contributed by atoms with Crippen LogP contribution in [0.5, 0.6) is 0 Å². The van der Waals surface area contributed by atoms with Crippen molar-refractivity contribution in [2.45, 2.75) is 39.7 Å². The van der Waals surface area contributed by atoms with E-state index < -0.39 is 0 Å². The number of benzene rings is 1. The largest absolute Gasteiger partial charge is 0.465 e. The summed E-state index contributed by atoms with van der Waals surface area (Å²) < 4.78 is 6.95. The van der Waals surface area contributed by atoms with Crippen molar-refractivity contribution in [3.63, 3.8) is 0 Å². The quantitative estimate of drug-likeness (QED) is 0.662. The number of hydrogen-bond donors (Lipinski definition) is 1. The lowest BCUT2D eigenvalue weighted by atomic mass is 9.96. The van der Waals surface area contributed by atoms with Crippen molar-refractivity contribution < 1.29 is 9.21 Å². The van der Waals surface area contributed by atoms with Crippen molar-refractivity contribution in [2.75, 3.05) is 18.0 Å². The van der Waals surface area contributed by atoms with E-state index >= 15 is 0 Å². The number of amides is 1. The van der Waals surface area contributed by atoms with Crippen LogP contribution in [0.15, 0.2) is 57.7 Å². The Morgan fingerprint density at radius 1 is 1.10 bits per heavy atom. The lowest BCUT2D eigenvalue weighted by Gasteiger charge is -2.32. The van der Waals surface area contributed by atoms with Crippen LogP contribution in [0.25, 0.3) is 5.69 Å². The first kappa shape index (κ1) is 20.9. The van der Waals surface area contributed by atoms with Crippen molar-refractivity contribution in [3.8, 4) is 5.69 Å². The summed E-state index contributed by atoms with van der Waals surface area (Å²) >= 11 is 0. The van der Waals surface area contributed by atoms with E-state index in [2.05, 4.69) is 22.2 Å². The van der Waals surface area contributed by atoms with Gasteiger partial charge in [-0.15, -0.1) is 5.10 Å². The number of furan rings is 1. The van der Waals surface area contributed by atoms with Gasteiger partial charge in [-0.25, -0.2) is 0 Å². The van der Waals surface area contributed by atoms with E-state index in [1.165, 1.54) is 10.2 Å². The summed E-state index contributed by atoms with van der Waals surface area (Å²) in [6, 6.07) is 15.0. The van der Waals surface area contributed by atoms with Crippen LogP contribution in [0.4, 0.5) is 5.82 Å². The summed E-state index contributed by atoms with van der Waals surface area (Å²) in [7, 11) is 0. The number of hydrogen-bond acceptors (Lipinski definition) is 5. The Morgan fingerprint density at radius 2 is 1.84 bits per heavy atom. The minimum Gasteiger partial charge on any atom is -0.465 e. The molecule has 0 unspecified atom stereocenters. The molecule has 4 rings (SSSR count). The zero-order valence-electron chi connectivity index (χ0n) is 18.0. The van der Waals surface area contributed by atoms with Gasteiger partial charge in [0, 0.05) is 25.1 Å². The molecule has 0 atom stereocenters. The maximum Gasteiger partial charge on any atom is 0.271 e. The van der Waals surface area contributed by atoms with Crippen molar-refractivity contribution in [1.82, 2.24) is 15.1 Å². The molecule has 1 fully saturated rings. The molecule has 1 N–H and O–H groups in total. The molecule has 3 aromatic rings. The van der Waals surface area contributed by atoms with Crippen molar-refractivity contribution >= 4 is 11.7 Å². The van der Waals surface area contributed by atoms with Gasteiger partial charge in [-0.05, 0) is 62.1 Å². The topological polar surface area (TPSA) is 80.4 Å². The first-order valence-electron chi connectivity index (χ1n) is 10.8. The van der Waals surface area contributed by atoms with Crippen LogP contribution in [-0.2, 0) is 17.8 Å². The SMILES string of the molecule is CCc1ccc(-n2nc(N3CCC(C(=O)NCc4ccc(C)o4)CC3)ccc2=O)cc1. The van der Waals surface area contributed by atoms with Gasteiger partial charge in [0.2, 0.25) is 5.91 Å². The molecule has 0 bridgehead atoms. The maximum absolute atomic E-state index is 12.5. The summed E-state index contributed by atoms with van der Waals surface area (Å²) in [4.78, 5) is 27.0. The number of carbonyl (C=O) groups excluding carboxylic acids is 1. The molecule has 1 aliphatic rings. The van der Waals surface area contributed by atoms with E-state index in [1.54, 1.807) is 12.1 Å². The number of anilines is 1. The molecule has 0 radical (unpaired) electrons. The lowest BCUT2D eigenvalue weighted by molar-refractivity contribution is -0.125. The minimum absolute atomic E-state index is 0.0280. The fourth-order valence-corrected chi connectivity index (χ4v) is 3.90. The molecule has 1 aliphatic heterocycles. The van der Waals surface area contributed by atoms with Crippen LogP contribution in [0.3, 0.4) is 0 Å². The Balaban J connectivity index is 1.38. The number of carbonyl (C=O) groups is 1. The van der Waals surface area contributed by atoms with Gasteiger partial charge < -0.3 is 14.6 Å². The van der Waals surface area contributed by atoms with Gasteiger partial charge in [-0.2, -0.15) is 4.68 Å². The highest BCUT2D eigenvalue weighted by molar-refractivity contribution is 5.78. The average Bonchev–Trinajstić information content (AvgIpc) is 3.23. The molecular weight excluding hydrogens is 392 g/mol. The van der Waals surface area contributed by atoms with Crippen LogP contribution in [0.2, 0.25) is 0 Å². The van der Waals surface area contributed by atoms with Crippen LogP contribution >= 0.6 is 0 Å². The Hall–Kier alpha value is -3.35. The predicted octanol–water partition coefficient (Wildman–Crippen LogP) is 3.23. The summed E-state index contributed by atoms with van der Waals surface area (Å²) in [5, 5.41) is 7.56. The molecule has 2 aromatic heterocycles. The first-order valence-corrected chi connectivity index (χ1v) is 10.8. The molecule has 7 heteroatoms. The third kappa shape index (κ3) is 4.87. The maximum atomic E-state index is 12.5. The molecule has 0 spiro atoms. The second kappa shape index (κ2) is 9.20. The number of nitrogens with zero attached hydrogens (tertiary/aromatic N) is 3. The Morgan fingerprint density at radius 3 is 2.48 bits per heavy atom. The predicted molar refractivity (Wildman–Crippen MR) is 119 cm³/mol. The molecule has 3 heterocycles. The fourth-order valence-electron chi connectivity index (χ4n) is 3.90. The zero-order chi connectivity index (χ0) is 21.8. The number of aromatic nitrogens is 2. The fraction of sp³-hybridized carbons (Fsp3) is 0.375. The molecule has 1 aromatic carbocycles. The number of rotatable bonds is 6. The molecule has 0 saturated carbocycles. The smallest absolute Gasteiger partial charge is 0.271 e. The monoisotopic (exact) mass is 420 g/mol. The Kier molecular flexibility index (Phi) is 6.21. The lowest BCUT2D eigenvalue weighted by Crippen LogP contribution is -2.41. The van der Waals surface area contributed by atoms with Crippen LogP contribution < -0.4 is 15.8 Å². The van der Waals surface area contributed by atoms with Gasteiger partial charge in [0.1, 0.15) is 17.3 Å². The van der Waals surface area contributed by atoms with Crippen molar-refractivity contribution in [1.29, 1.82) is 0 Å². The molecular formula is C24H28N4O3. The highest BCUT2D eigenvalue weighted by Crippen LogP contribution is 2.22. The van der Waals surface area contributed by atoms with Gasteiger partial charge in [0.15, 0.2) is 0 Å². The van der Waals surface area contributed by atoms with E-state index in [4.69, 9.17) is 4.42 Å². The molecule has 31 heavy (non-hydrogen) atoms. The zero-order valence-corrected chi connectivity index (χ0v) is 18.0. The van der Waals surface area contributed by atoms with Crippen molar-refractivity contribution in [2.24, 2.45) is 5.92 Å². The second-order valence-corrected chi connectivity index (χ2v) is 7.95. The molecule has 0 aliphatic carbocycles. The van der Waals surface area contributed by atoms with E-state index in [0.29, 0.717) is 6.54 Å². The van der Waals surface area contributed by atoms with E-state index in [9.17, 15) is 9.59 Å². The second-order valence-electron chi connectivity index (χ2n) is 7.95. The summed E-state index contributed by atoms with van der Waals surface area (Å²) in [5.74, 6) is 2.39. The normalized spacial score (nSPS) is 14.6. The average molecular weight is 421 g/mol. The Labute approximate surface area is 181 Å². The number of aryl methyl sites for hydroxylation is 2. The van der Waals surface area contributed by atoms with Crippen LogP contribution in [0.1, 0.15) is 36.8 Å². The third-order valence-corrected chi connectivity index (χ3v) is 5.80. The first-order chi connectivity index (χ1) is 15.0. The number of nitrogens with one attached hydrogen (secondary N) is 1. The van der Waals surface area contributed by atoms with Gasteiger partial charge in [-0.3, -0.25) is 9.59 Å². The molecule has 162 valence electrons. The van der Waals surface area contributed by atoms with Gasteiger partial charge in [0.25, 0.3) is 5.56 Å². The Bertz CT molecular complexity index is 1090. The third-order valence-electron chi connectivity index (χ3n) is 5.80. The summed E-state index contributed by atoms with van der Waals surface area (Å²) in [5.41, 5.74) is 1.82. The number of piperidine rings is 1. The van der Waals surface area contributed by atoms with Crippen LogP contribution in [0, 0.1) is 12.8 Å². The highest BCUT2D eigenvalue weighted by Gasteiger charge is 2.26. The summed E-state index contributed by atoms with van der Waals surface area (Å²) in [6.07, 6.45) is 2.44.